The molecule has 1 aromatic carbocycles. The Balaban J connectivity index is 1.89. The van der Waals surface area contributed by atoms with Crippen molar-refractivity contribution >= 4 is 34.8 Å². The lowest BCUT2D eigenvalue weighted by Crippen LogP contribution is -2.30. The third-order valence-electron chi connectivity index (χ3n) is 4.06. The van der Waals surface area contributed by atoms with Gasteiger partial charge in [-0.1, -0.05) is 0 Å². The van der Waals surface area contributed by atoms with Crippen LogP contribution in [0.4, 0.5) is 5.69 Å². The third kappa shape index (κ3) is 5.40. The molecule has 0 radical (unpaired) electrons. The van der Waals surface area contributed by atoms with Crippen molar-refractivity contribution in [2.45, 2.75) is 27.7 Å². The van der Waals surface area contributed by atoms with Crippen LogP contribution in [0.3, 0.4) is 0 Å². The summed E-state index contributed by atoms with van der Waals surface area (Å²) >= 11 is 1.51. The number of anilines is 1. The first-order valence-corrected chi connectivity index (χ1v) is 9.60. The van der Waals surface area contributed by atoms with Crippen molar-refractivity contribution in [2.75, 3.05) is 25.0 Å². The molecule has 1 N–H and O–H groups in total. The van der Waals surface area contributed by atoms with Crippen molar-refractivity contribution in [2.24, 2.45) is 0 Å². The minimum atomic E-state index is -0.507. The summed E-state index contributed by atoms with van der Waals surface area (Å²) in [6.45, 7) is 8.52. The topological polar surface area (TPSA) is 75.7 Å². The Morgan fingerprint density at radius 3 is 2.22 bits per heavy atom. The fraction of sp³-hybridized carbons (Fsp3) is 0.350. The van der Waals surface area contributed by atoms with Crippen LogP contribution in [0.1, 0.15) is 44.3 Å². The van der Waals surface area contributed by atoms with Gasteiger partial charge in [-0.05, 0) is 58.0 Å². The van der Waals surface area contributed by atoms with Gasteiger partial charge in [0.1, 0.15) is 0 Å². The zero-order valence-electron chi connectivity index (χ0n) is 16.0. The molecule has 0 spiro atoms. The van der Waals surface area contributed by atoms with Crippen LogP contribution < -0.4 is 5.32 Å². The second-order valence-electron chi connectivity index (χ2n) is 6.01. The minimum absolute atomic E-state index is 0.0479. The Morgan fingerprint density at radius 1 is 1.07 bits per heavy atom. The van der Waals surface area contributed by atoms with Crippen molar-refractivity contribution in [1.29, 1.82) is 0 Å². The number of carbonyl (C=O) groups is 3. The molecule has 0 unspecified atom stereocenters. The molecule has 2 amide bonds. The number of nitrogens with one attached hydrogen (secondary N) is 1. The van der Waals surface area contributed by atoms with Gasteiger partial charge in [0.2, 0.25) is 0 Å². The molecule has 0 saturated carbocycles. The summed E-state index contributed by atoms with van der Waals surface area (Å²) < 4.78 is 5.07. The van der Waals surface area contributed by atoms with Crippen molar-refractivity contribution in [3.63, 3.8) is 0 Å². The summed E-state index contributed by atoms with van der Waals surface area (Å²) in [5.41, 5.74) is 1.59. The van der Waals surface area contributed by atoms with Gasteiger partial charge in [-0.15, -0.1) is 11.3 Å². The first-order chi connectivity index (χ1) is 12.8. The summed E-state index contributed by atoms with van der Waals surface area (Å²) in [6, 6.07) is 8.40. The number of amides is 2. The standard InChI is InChI=1S/C20H24N2O4S/c1-5-22(6-2)19(24)15-7-9-16(10-8-15)21-18(23)12-26-20(25)17-11-13(3)27-14(17)4/h7-11H,5-6,12H2,1-4H3,(H,21,23). The van der Waals surface area contributed by atoms with E-state index in [-0.39, 0.29) is 12.5 Å². The summed E-state index contributed by atoms with van der Waals surface area (Å²) in [4.78, 5) is 39.9. The summed E-state index contributed by atoms with van der Waals surface area (Å²) in [5, 5.41) is 2.65. The maximum Gasteiger partial charge on any atom is 0.339 e. The Hall–Kier alpha value is -2.67. The van der Waals surface area contributed by atoms with Crippen LogP contribution in [0.25, 0.3) is 0 Å². The minimum Gasteiger partial charge on any atom is -0.452 e. The number of hydrogen-bond acceptors (Lipinski definition) is 5. The number of aryl methyl sites for hydroxylation is 2. The number of rotatable bonds is 7. The Morgan fingerprint density at radius 2 is 1.70 bits per heavy atom. The maximum absolute atomic E-state index is 12.3. The molecule has 0 aliphatic rings. The van der Waals surface area contributed by atoms with Gasteiger partial charge in [0.05, 0.1) is 5.56 Å². The first-order valence-electron chi connectivity index (χ1n) is 8.79. The first kappa shape index (κ1) is 20.6. The molecule has 0 saturated heterocycles. The number of thiophene rings is 1. The Kier molecular flexibility index (Phi) is 7.12. The van der Waals surface area contributed by atoms with Crippen LogP contribution in [0.2, 0.25) is 0 Å². The predicted octanol–water partition coefficient (Wildman–Crippen LogP) is 3.64. The smallest absolute Gasteiger partial charge is 0.339 e. The average molecular weight is 388 g/mol. The van der Waals surface area contributed by atoms with Crippen LogP contribution >= 0.6 is 11.3 Å². The second-order valence-corrected chi connectivity index (χ2v) is 7.47. The van der Waals surface area contributed by atoms with Crippen LogP contribution in [-0.4, -0.2) is 42.4 Å². The molecule has 7 heteroatoms. The van der Waals surface area contributed by atoms with Crippen molar-refractivity contribution in [3.8, 4) is 0 Å². The molecule has 1 aromatic heterocycles. The predicted molar refractivity (Wildman–Crippen MR) is 106 cm³/mol. The van der Waals surface area contributed by atoms with Crippen LogP contribution in [0, 0.1) is 13.8 Å². The number of hydrogen-bond donors (Lipinski definition) is 1. The molecule has 2 rings (SSSR count). The molecule has 2 aromatic rings. The maximum atomic E-state index is 12.3. The number of benzene rings is 1. The molecular weight excluding hydrogens is 364 g/mol. The third-order valence-corrected chi connectivity index (χ3v) is 5.03. The molecule has 0 fully saturated rings. The van der Waals surface area contributed by atoms with E-state index in [0.29, 0.717) is 29.9 Å². The van der Waals surface area contributed by atoms with Gasteiger partial charge in [-0.25, -0.2) is 4.79 Å². The van der Waals surface area contributed by atoms with Crippen LogP contribution in [-0.2, 0) is 9.53 Å². The Bertz CT molecular complexity index is 823. The lowest BCUT2D eigenvalue weighted by Gasteiger charge is -2.18. The number of carbonyl (C=O) groups excluding carboxylic acids is 3. The molecule has 27 heavy (non-hydrogen) atoms. The fourth-order valence-corrected chi connectivity index (χ4v) is 3.54. The van der Waals surface area contributed by atoms with E-state index in [2.05, 4.69) is 5.32 Å². The molecule has 0 aliphatic carbocycles. The highest BCUT2D eigenvalue weighted by molar-refractivity contribution is 7.12. The highest BCUT2D eigenvalue weighted by Gasteiger charge is 2.16. The average Bonchev–Trinajstić information content (AvgIpc) is 2.99. The van der Waals surface area contributed by atoms with Crippen molar-refractivity contribution < 1.29 is 19.1 Å². The summed E-state index contributed by atoms with van der Waals surface area (Å²) in [7, 11) is 0. The molecular formula is C20H24N2O4S. The van der Waals surface area contributed by atoms with Gasteiger partial charge >= 0.3 is 5.97 Å². The lowest BCUT2D eigenvalue weighted by atomic mass is 10.2. The zero-order chi connectivity index (χ0) is 20.0. The van der Waals surface area contributed by atoms with E-state index >= 15 is 0 Å². The highest BCUT2D eigenvalue weighted by atomic mass is 32.1. The largest absolute Gasteiger partial charge is 0.452 e. The van der Waals surface area contributed by atoms with E-state index in [0.717, 1.165) is 9.75 Å². The van der Waals surface area contributed by atoms with E-state index in [1.165, 1.54) is 11.3 Å². The molecule has 0 aliphatic heterocycles. The van der Waals surface area contributed by atoms with Gasteiger partial charge in [0.15, 0.2) is 6.61 Å². The quantitative estimate of drug-likeness (QED) is 0.735. The molecule has 1 heterocycles. The highest BCUT2D eigenvalue weighted by Crippen LogP contribution is 2.21. The van der Waals surface area contributed by atoms with Crippen LogP contribution in [0.15, 0.2) is 30.3 Å². The van der Waals surface area contributed by atoms with E-state index in [1.807, 2.05) is 27.7 Å². The van der Waals surface area contributed by atoms with E-state index in [1.54, 1.807) is 35.2 Å². The summed E-state index contributed by atoms with van der Waals surface area (Å²) in [6.07, 6.45) is 0. The Labute approximate surface area is 163 Å². The van der Waals surface area contributed by atoms with Crippen LogP contribution in [0.5, 0.6) is 0 Å². The lowest BCUT2D eigenvalue weighted by molar-refractivity contribution is -0.119. The number of nitrogens with zero attached hydrogens (tertiary/aromatic N) is 1. The van der Waals surface area contributed by atoms with Gasteiger partial charge in [0, 0.05) is 34.1 Å². The normalized spacial score (nSPS) is 10.4. The zero-order valence-corrected chi connectivity index (χ0v) is 16.8. The van der Waals surface area contributed by atoms with Gasteiger partial charge in [-0.2, -0.15) is 0 Å². The second kappa shape index (κ2) is 9.32. The van der Waals surface area contributed by atoms with Crippen molar-refractivity contribution in [3.05, 3.63) is 51.2 Å². The number of esters is 1. The molecule has 0 bridgehead atoms. The summed E-state index contributed by atoms with van der Waals surface area (Å²) in [5.74, 6) is -0.990. The molecule has 6 nitrogen and oxygen atoms in total. The van der Waals surface area contributed by atoms with E-state index < -0.39 is 11.9 Å². The number of ether oxygens (including phenoxy) is 1. The van der Waals surface area contributed by atoms with Gasteiger partial charge in [0.25, 0.3) is 11.8 Å². The SMILES string of the molecule is CCN(CC)C(=O)c1ccc(NC(=O)COC(=O)c2cc(C)sc2C)cc1. The van der Waals surface area contributed by atoms with E-state index in [9.17, 15) is 14.4 Å². The fourth-order valence-electron chi connectivity index (χ4n) is 2.63. The monoisotopic (exact) mass is 388 g/mol. The molecule has 144 valence electrons. The van der Waals surface area contributed by atoms with Gasteiger partial charge in [-0.3, -0.25) is 9.59 Å². The van der Waals surface area contributed by atoms with Gasteiger partial charge < -0.3 is 15.0 Å². The van der Waals surface area contributed by atoms with Crippen molar-refractivity contribution in [1.82, 2.24) is 4.90 Å². The van der Waals surface area contributed by atoms with E-state index in [4.69, 9.17) is 4.74 Å². The molecule has 0 atom stereocenters.